The number of rotatable bonds is 15. The second kappa shape index (κ2) is 12.3. The fourth-order valence-corrected chi connectivity index (χ4v) is 3.23. The highest BCUT2D eigenvalue weighted by Crippen LogP contribution is 2.70. The fraction of sp³-hybridized carbons (Fsp3) is 0.944. The summed E-state index contributed by atoms with van der Waals surface area (Å²) in [5, 5.41) is 8.09. The Labute approximate surface area is 272 Å². The van der Waals surface area contributed by atoms with Gasteiger partial charge in [-0.15, -0.1) is 0 Å². The van der Waals surface area contributed by atoms with Gasteiger partial charge in [-0.25, -0.2) is 9.18 Å². The molecule has 0 saturated heterocycles. The van der Waals surface area contributed by atoms with Crippen molar-refractivity contribution in [3.63, 3.8) is 0 Å². The first-order valence-corrected chi connectivity index (χ1v) is 11.3. The third-order valence-corrected chi connectivity index (χ3v) is 6.60. The van der Waals surface area contributed by atoms with E-state index >= 15 is 0 Å². The molecule has 55 heavy (non-hydrogen) atoms. The minimum atomic E-state index is -10.3. The molecule has 0 bridgehead atoms. The van der Waals surface area contributed by atoms with Gasteiger partial charge in [0.25, 0.3) is 0 Å². The maximum Gasteiger partial charge on any atom is 0.460 e. The highest BCUT2D eigenvalue weighted by molar-refractivity contribution is 5.81. The molecule has 0 aliphatic heterocycles. The Hall–Kier alpha value is -2.98. The smallest absolute Gasteiger partial charge is 0.460 e. The number of hydrogen-bond donors (Lipinski definition) is 1. The summed E-state index contributed by atoms with van der Waals surface area (Å²) >= 11 is 0. The zero-order chi connectivity index (χ0) is 46.1. The predicted octanol–water partition coefficient (Wildman–Crippen LogP) is 10.8. The van der Waals surface area contributed by atoms with E-state index in [9.17, 15) is 158 Å². The lowest BCUT2D eigenvalue weighted by molar-refractivity contribution is -0.480. The lowest BCUT2D eigenvalue weighted by Gasteiger charge is -2.48. The maximum atomic E-state index is 14.6. The van der Waals surface area contributed by atoms with E-state index in [1.54, 1.807) is 0 Å². The van der Waals surface area contributed by atoms with Gasteiger partial charge in [0.15, 0.2) is 0 Å². The highest BCUT2D eigenvalue weighted by Gasteiger charge is 3.03. The Balaban J connectivity index is 8.14. The summed E-state index contributed by atoms with van der Waals surface area (Å²) < 4.78 is 468. The van der Waals surface area contributed by atoms with Gasteiger partial charge in [-0.2, -0.15) is 149 Å². The summed E-state index contributed by atoms with van der Waals surface area (Å²) in [6.45, 7) is 0. The molecule has 0 heterocycles. The average Bonchev–Trinajstić information content (AvgIpc) is 2.93. The van der Waals surface area contributed by atoms with Crippen molar-refractivity contribution in [1.29, 1.82) is 0 Å². The van der Waals surface area contributed by atoms with Crippen molar-refractivity contribution in [2.75, 3.05) is 0 Å². The Morgan fingerprint density at radius 1 is 0.218 bits per heavy atom. The number of aliphatic carboxylic acids is 1. The predicted molar refractivity (Wildman–Crippen MR) is 92.8 cm³/mol. The summed E-state index contributed by atoms with van der Waals surface area (Å²) in [5.41, 5.74) is -9.94. The van der Waals surface area contributed by atoms with Crippen LogP contribution in [0.15, 0.2) is 0 Å². The molecule has 0 radical (unpaired) electrons. The molecule has 0 aromatic rings. The van der Waals surface area contributed by atoms with Gasteiger partial charge in [-0.05, 0) is 0 Å². The van der Waals surface area contributed by atoms with Crippen molar-refractivity contribution in [3.05, 3.63) is 0 Å². The van der Waals surface area contributed by atoms with Gasteiger partial charge in [0.2, 0.25) is 0 Å². The number of halogens is 35. The van der Waals surface area contributed by atoms with Crippen molar-refractivity contribution in [2.45, 2.75) is 101 Å². The molecule has 37 heteroatoms. The van der Waals surface area contributed by atoms with Crippen LogP contribution in [0.25, 0.3) is 0 Å². The molecule has 0 aromatic carbocycles. The quantitative estimate of drug-likeness (QED) is 0.166. The van der Waals surface area contributed by atoms with Gasteiger partial charge in [0, 0.05) is 0 Å². The van der Waals surface area contributed by atoms with Crippen LogP contribution in [0.1, 0.15) is 0 Å². The molecule has 0 aliphatic rings. The third kappa shape index (κ3) is 5.67. The van der Waals surface area contributed by atoms with Crippen molar-refractivity contribution in [2.24, 2.45) is 0 Å². The summed E-state index contributed by atoms with van der Waals surface area (Å²) in [7, 11) is 0. The van der Waals surface area contributed by atoms with Crippen LogP contribution in [0.3, 0.4) is 0 Å². The zero-order valence-electron chi connectivity index (χ0n) is 23.1. The number of carbonyl (C=O) groups is 1. The molecule has 330 valence electrons. The minimum absolute atomic E-state index is 6.19. The molecule has 0 amide bonds. The molecule has 0 rings (SSSR count). The lowest BCUT2D eigenvalue weighted by Crippen LogP contribution is -2.82. The van der Waals surface area contributed by atoms with E-state index in [1.807, 2.05) is 0 Å². The van der Waals surface area contributed by atoms with Crippen LogP contribution in [0.2, 0.25) is 0 Å². The molecule has 0 aromatic heterocycles. The molecule has 0 atom stereocenters. The molecule has 0 fully saturated rings. The fourth-order valence-electron chi connectivity index (χ4n) is 3.23. The SMILES string of the molecule is O=C(O)C(F)(C(F)(F)C(F)(F)C(F)(F)C(F)(F)C(F)(F)C(F)(F)C(F)(F)C(F)(F)F)C(F)(F)C(F)(F)C(F)(F)C(F)(F)C(F)(F)C(F)(F)C(F)(F)C(F)(F)F. The summed E-state index contributed by atoms with van der Waals surface area (Å²) in [6.07, 6.45) is -16.9. The molecular weight excluding hydrogens is 913 g/mol. The van der Waals surface area contributed by atoms with Gasteiger partial charge in [-0.3, -0.25) is 0 Å². The first kappa shape index (κ1) is 52.0. The maximum absolute atomic E-state index is 14.6. The van der Waals surface area contributed by atoms with E-state index in [0.717, 1.165) is 0 Å². The van der Waals surface area contributed by atoms with Crippen LogP contribution in [0, 0.1) is 0 Å². The van der Waals surface area contributed by atoms with Gasteiger partial charge in [0.05, 0.1) is 0 Å². The van der Waals surface area contributed by atoms with Crippen LogP contribution < -0.4 is 0 Å². The van der Waals surface area contributed by atoms with E-state index in [4.69, 9.17) is 5.11 Å². The van der Waals surface area contributed by atoms with Crippen LogP contribution in [0.4, 0.5) is 154 Å². The monoisotopic (exact) mass is 914 g/mol. The van der Waals surface area contributed by atoms with Crippen molar-refractivity contribution >= 4 is 5.97 Å². The van der Waals surface area contributed by atoms with E-state index < -0.39 is 107 Å². The van der Waals surface area contributed by atoms with Crippen molar-refractivity contribution < 1.29 is 164 Å². The zero-order valence-corrected chi connectivity index (χ0v) is 23.1. The van der Waals surface area contributed by atoms with Gasteiger partial charge < -0.3 is 5.11 Å². The Bertz CT molecular complexity index is 1340. The van der Waals surface area contributed by atoms with E-state index in [-0.39, 0.29) is 0 Å². The standard InChI is InChI=1S/C18HF35O2/c19-2(1(54)55,3(20,21)5(24,25)7(28,29)9(32,33)11(36,37)13(40,41)15(44,45)17(48,49)50)4(22,23)6(26,27)8(30,31)10(34,35)12(38,39)14(42,43)16(46,47)18(51,52)53/h(H,54,55). The van der Waals surface area contributed by atoms with Gasteiger partial charge in [0.1, 0.15) is 0 Å². The lowest BCUT2D eigenvalue weighted by atomic mass is 9.76. The summed E-state index contributed by atoms with van der Waals surface area (Å²) in [6, 6.07) is 0. The molecule has 1 N–H and O–H groups in total. The molecular formula is C18HF35O2. The first-order valence-electron chi connectivity index (χ1n) is 11.3. The second-order valence-electron chi connectivity index (χ2n) is 10.0. The summed E-state index contributed by atoms with van der Waals surface area (Å²) in [5.74, 6) is -144. The van der Waals surface area contributed by atoms with Gasteiger partial charge in [-0.1, -0.05) is 0 Å². The van der Waals surface area contributed by atoms with Crippen LogP contribution >= 0.6 is 0 Å². The Morgan fingerprint density at radius 3 is 0.436 bits per heavy atom. The first-order chi connectivity index (χ1) is 22.9. The highest BCUT2D eigenvalue weighted by atomic mass is 19.4. The number of carboxylic acid groups (broad SMARTS) is 1. The number of carboxylic acids is 1. The van der Waals surface area contributed by atoms with E-state index in [1.165, 1.54) is 0 Å². The summed E-state index contributed by atoms with van der Waals surface area (Å²) in [4.78, 5) is 10.7. The average molecular weight is 914 g/mol. The molecule has 0 spiro atoms. The number of alkyl halides is 35. The van der Waals surface area contributed by atoms with Crippen LogP contribution in [0.5, 0.6) is 0 Å². The van der Waals surface area contributed by atoms with Crippen LogP contribution in [-0.2, 0) is 4.79 Å². The third-order valence-electron chi connectivity index (χ3n) is 6.60. The molecule has 2 nitrogen and oxygen atoms in total. The second-order valence-corrected chi connectivity index (χ2v) is 10.0. The normalized spacial score (nSPS) is 17.1. The Morgan fingerprint density at radius 2 is 0.327 bits per heavy atom. The molecule has 0 aliphatic carbocycles. The van der Waals surface area contributed by atoms with E-state index in [2.05, 4.69) is 0 Å². The molecule has 0 saturated carbocycles. The van der Waals surface area contributed by atoms with Crippen molar-refractivity contribution in [1.82, 2.24) is 0 Å². The van der Waals surface area contributed by atoms with Crippen LogP contribution in [-0.4, -0.2) is 112 Å². The Kier molecular flexibility index (Phi) is 11.6. The minimum Gasteiger partial charge on any atom is -0.479 e. The largest absolute Gasteiger partial charge is 0.479 e. The molecule has 0 unspecified atom stereocenters. The van der Waals surface area contributed by atoms with Gasteiger partial charge >= 0.3 is 107 Å². The van der Waals surface area contributed by atoms with E-state index in [0.29, 0.717) is 0 Å². The van der Waals surface area contributed by atoms with Crippen molar-refractivity contribution in [3.8, 4) is 0 Å². The topological polar surface area (TPSA) is 37.3 Å². The number of hydrogen-bond acceptors (Lipinski definition) is 1.